The lowest BCUT2D eigenvalue weighted by Gasteiger charge is -2.30. The number of carbonyl (C=O) groups is 1. The molecule has 1 aromatic carbocycles. The Kier molecular flexibility index (Phi) is 6.27. The molecule has 1 N–H and O–H groups in total. The molecule has 2 heterocycles. The SMILES string of the molecule is Cc1ccc(OCC(=O)Nc2nc(CN3CCCC(C)C3)cs2)c(C)c1. The summed E-state index contributed by atoms with van der Waals surface area (Å²) in [7, 11) is 0. The van der Waals surface area contributed by atoms with Gasteiger partial charge in [0.1, 0.15) is 5.75 Å². The highest BCUT2D eigenvalue weighted by molar-refractivity contribution is 7.13. The van der Waals surface area contributed by atoms with Crippen LogP contribution in [0.5, 0.6) is 5.75 Å². The van der Waals surface area contributed by atoms with E-state index in [0.717, 1.165) is 42.6 Å². The standard InChI is InChI=1S/C20H27N3O2S/c1-14-6-7-18(16(3)9-14)25-12-19(24)22-20-21-17(13-26-20)11-23-8-4-5-15(2)10-23/h6-7,9,13,15H,4-5,8,10-12H2,1-3H3,(H,21,22,24). The molecule has 0 saturated carbocycles. The summed E-state index contributed by atoms with van der Waals surface area (Å²) in [5.41, 5.74) is 3.23. The molecule has 0 aliphatic carbocycles. The van der Waals surface area contributed by atoms with E-state index in [0.29, 0.717) is 5.13 Å². The second kappa shape index (κ2) is 8.64. The molecule has 26 heavy (non-hydrogen) atoms. The van der Waals surface area contributed by atoms with E-state index in [2.05, 4.69) is 22.1 Å². The minimum Gasteiger partial charge on any atom is -0.483 e. The largest absolute Gasteiger partial charge is 0.483 e. The molecule has 3 rings (SSSR count). The second-order valence-corrected chi connectivity index (χ2v) is 8.09. The van der Waals surface area contributed by atoms with Gasteiger partial charge in [-0.1, -0.05) is 24.6 Å². The van der Waals surface area contributed by atoms with E-state index >= 15 is 0 Å². The maximum atomic E-state index is 12.1. The molecule has 0 bridgehead atoms. The first-order chi connectivity index (χ1) is 12.5. The summed E-state index contributed by atoms with van der Waals surface area (Å²) >= 11 is 1.47. The molecule has 0 spiro atoms. The predicted octanol–water partition coefficient (Wildman–Crippen LogP) is 4.01. The van der Waals surface area contributed by atoms with Crippen LogP contribution in [0.1, 0.15) is 36.6 Å². The van der Waals surface area contributed by atoms with E-state index in [1.807, 2.05) is 37.4 Å². The van der Waals surface area contributed by atoms with Crippen LogP contribution in [0.25, 0.3) is 0 Å². The number of ether oxygens (including phenoxy) is 1. The van der Waals surface area contributed by atoms with Crippen LogP contribution in [0.2, 0.25) is 0 Å². The van der Waals surface area contributed by atoms with E-state index in [1.165, 1.54) is 29.7 Å². The molecule has 1 saturated heterocycles. The summed E-state index contributed by atoms with van der Waals surface area (Å²) in [6.07, 6.45) is 2.57. The summed E-state index contributed by atoms with van der Waals surface area (Å²) in [6, 6.07) is 5.93. The number of hydrogen-bond donors (Lipinski definition) is 1. The van der Waals surface area contributed by atoms with Crippen LogP contribution in [-0.2, 0) is 11.3 Å². The lowest BCUT2D eigenvalue weighted by atomic mass is 10.0. The number of piperidine rings is 1. The zero-order chi connectivity index (χ0) is 18.5. The number of thiazole rings is 1. The van der Waals surface area contributed by atoms with Crippen molar-refractivity contribution in [1.82, 2.24) is 9.88 Å². The van der Waals surface area contributed by atoms with E-state index in [9.17, 15) is 4.79 Å². The zero-order valence-electron chi connectivity index (χ0n) is 15.7. The number of likely N-dealkylation sites (tertiary alicyclic amines) is 1. The second-order valence-electron chi connectivity index (χ2n) is 7.23. The molecule has 6 heteroatoms. The fourth-order valence-corrected chi connectivity index (χ4v) is 4.07. The Morgan fingerprint density at radius 2 is 2.27 bits per heavy atom. The summed E-state index contributed by atoms with van der Waals surface area (Å²) in [4.78, 5) is 19.1. The summed E-state index contributed by atoms with van der Waals surface area (Å²) in [5.74, 6) is 1.31. The quantitative estimate of drug-likeness (QED) is 0.831. The number of benzene rings is 1. The third kappa shape index (κ3) is 5.29. The summed E-state index contributed by atoms with van der Waals surface area (Å²) < 4.78 is 5.62. The van der Waals surface area contributed by atoms with Crippen molar-refractivity contribution in [3.63, 3.8) is 0 Å². The molecule has 1 unspecified atom stereocenters. The van der Waals surface area contributed by atoms with Crippen molar-refractivity contribution >= 4 is 22.4 Å². The number of rotatable bonds is 6. The van der Waals surface area contributed by atoms with Crippen molar-refractivity contribution < 1.29 is 9.53 Å². The van der Waals surface area contributed by atoms with Gasteiger partial charge in [-0.25, -0.2) is 4.98 Å². The van der Waals surface area contributed by atoms with Gasteiger partial charge in [0.15, 0.2) is 11.7 Å². The Labute approximate surface area is 159 Å². The van der Waals surface area contributed by atoms with Crippen LogP contribution in [0.4, 0.5) is 5.13 Å². The van der Waals surface area contributed by atoms with Crippen molar-refractivity contribution in [2.24, 2.45) is 5.92 Å². The normalized spacial score (nSPS) is 17.9. The maximum absolute atomic E-state index is 12.1. The predicted molar refractivity (Wildman–Crippen MR) is 106 cm³/mol. The first kappa shape index (κ1) is 18.9. The summed E-state index contributed by atoms with van der Waals surface area (Å²) in [5, 5.41) is 5.50. The molecule has 5 nitrogen and oxygen atoms in total. The maximum Gasteiger partial charge on any atom is 0.264 e. The molecule has 140 valence electrons. The van der Waals surface area contributed by atoms with E-state index < -0.39 is 0 Å². The minimum absolute atomic E-state index is 0.0115. The fourth-order valence-electron chi connectivity index (χ4n) is 3.36. The lowest BCUT2D eigenvalue weighted by Crippen LogP contribution is -2.33. The van der Waals surface area contributed by atoms with Gasteiger partial charge in [-0.2, -0.15) is 0 Å². The van der Waals surface area contributed by atoms with Gasteiger partial charge in [-0.3, -0.25) is 15.0 Å². The van der Waals surface area contributed by atoms with Gasteiger partial charge in [0, 0.05) is 18.5 Å². The van der Waals surface area contributed by atoms with Crippen molar-refractivity contribution in [3.05, 3.63) is 40.4 Å². The Morgan fingerprint density at radius 3 is 3.04 bits per heavy atom. The third-order valence-corrected chi connectivity index (χ3v) is 5.42. The average Bonchev–Trinajstić information content (AvgIpc) is 3.01. The number of amides is 1. The molecule has 0 radical (unpaired) electrons. The number of carbonyl (C=O) groups excluding carboxylic acids is 1. The number of aromatic nitrogens is 1. The van der Waals surface area contributed by atoms with Crippen LogP contribution in [0, 0.1) is 19.8 Å². The van der Waals surface area contributed by atoms with Crippen molar-refractivity contribution in [3.8, 4) is 5.75 Å². The lowest BCUT2D eigenvalue weighted by molar-refractivity contribution is -0.118. The molecular formula is C20H27N3O2S. The fraction of sp³-hybridized carbons (Fsp3) is 0.500. The minimum atomic E-state index is -0.183. The van der Waals surface area contributed by atoms with Crippen LogP contribution in [0.15, 0.2) is 23.6 Å². The molecule has 2 aromatic rings. The Bertz CT molecular complexity index is 759. The Balaban J connectivity index is 1.48. The number of anilines is 1. The van der Waals surface area contributed by atoms with Crippen LogP contribution in [0.3, 0.4) is 0 Å². The first-order valence-electron chi connectivity index (χ1n) is 9.16. The van der Waals surface area contributed by atoms with E-state index in [4.69, 9.17) is 4.74 Å². The van der Waals surface area contributed by atoms with Gasteiger partial charge in [0.25, 0.3) is 5.91 Å². The number of aryl methyl sites for hydroxylation is 2. The molecule has 1 atom stereocenters. The molecule has 1 fully saturated rings. The number of nitrogens with one attached hydrogen (secondary N) is 1. The van der Waals surface area contributed by atoms with E-state index in [-0.39, 0.29) is 12.5 Å². The molecule has 1 amide bonds. The highest BCUT2D eigenvalue weighted by Gasteiger charge is 2.17. The van der Waals surface area contributed by atoms with E-state index in [1.54, 1.807) is 0 Å². The average molecular weight is 374 g/mol. The third-order valence-electron chi connectivity index (χ3n) is 4.61. The molecular weight excluding hydrogens is 346 g/mol. The van der Waals surface area contributed by atoms with Crippen LogP contribution >= 0.6 is 11.3 Å². The van der Waals surface area contributed by atoms with Crippen molar-refractivity contribution in [2.75, 3.05) is 25.0 Å². The van der Waals surface area contributed by atoms with Gasteiger partial charge >= 0.3 is 0 Å². The molecule has 1 aliphatic heterocycles. The Morgan fingerprint density at radius 1 is 1.42 bits per heavy atom. The summed E-state index contributed by atoms with van der Waals surface area (Å²) in [6.45, 7) is 9.42. The molecule has 1 aliphatic rings. The van der Waals surface area contributed by atoms with Gasteiger partial charge in [-0.05, 0) is 50.8 Å². The van der Waals surface area contributed by atoms with Crippen LogP contribution < -0.4 is 10.1 Å². The highest BCUT2D eigenvalue weighted by Crippen LogP contribution is 2.21. The van der Waals surface area contributed by atoms with Crippen molar-refractivity contribution in [2.45, 2.75) is 40.2 Å². The number of hydrogen-bond acceptors (Lipinski definition) is 5. The van der Waals surface area contributed by atoms with Crippen molar-refractivity contribution in [1.29, 1.82) is 0 Å². The zero-order valence-corrected chi connectivity index (χ0v) is 16.6. The topological polar surface area (TPSA) is 54.5 Å². The molecule has 1 aromatic heterocycles. The van der Waals surface area contributed by atoms with Gasteiger partial charge in [0.2, 0.25) is 0 Å². The Hall–Kier alpha value is -1.92. The van der Waals surface area contributed by atoms with Gasteiger partial charge in [0.05, 0.1) is 5.69 Å². The number of nitrogens with zero attached hydrogens (tertiary/aromatic N) is 2. The van der Waals surface area contributed by atoms with Gasteiger partial charge < -0.3 is 4.74 Å². The highest BCUT2D eigenvalue weighted by atomic mass is 32.1. The van der Waals surface area contributed by atoms with Gasteiger partial charge in [-0.15, -0.1) is 11.3 Å². The monoisotopic (exact) mass is 373 g/mol. The van der Waals surface area contributed by atoms with Crippen LogP contribution in [-0.4, -0.2) is 35.5 Å². The smallest absolute Gasteiger partial charge is 0.264 e. The first-order valence-corrected chi connectivity index (χ1v) is 10.0.